The van der Waals surface area contributed by atoms with E-state index in [1.807, 2.05) is 41.5 Å². The number of amides is 2. The highest BCUT2D eigenvalue weighted by atomic mass is 16.5. The van der Waals surface area contributed by atoms with Crippen molar-refractivity contribution in [2.24, 2.45) is 17.8 Å². The first kappa shape index (κ1) is 22.5. The van der Waals surface area contributed by atoms with Gasteiger partial charge in [-0.15, -0.1) is 0 Å². The third kappa shape index (κ3) is 6.02. The lowest BCUT2D eigenvalue weighted by Gasteiger charge is -2.16. The van der Waals surface area contributed by atoms with E-state index >= 15 is 0 Å². The molecule has 0 aromatic carbocycles. The van der Waals surface area contributed by atoms with E-state index in [1.165, 1.54) is 4.90 Å². The molecule has 2 amide bonds. The standard InChI is InChI=1S/C20H33NO5/c1-13(2)16(22)7-9-25-11-12-26-10-8-21-19(23)17(14(3)4)18(15(5)6)20(21)24/h13-15H,7-12H2,1-6H3. The molecule has 6 nitrogen and oxygen atoms in total. The molecule has 0 saturated heterocycles. The summed E-state index contributed by atoms with van der Waals surface area (Å²) in [7, 11) is 0. The number of hydrogen-bond acceptors (Lipinski definition) is 5. The molecule has 0 N–H and O–H groups in total. The molecule has 0 fully saturated rings. The van der Waals surface area contributed by atoms with Crippen LogP contribution < -0.4 is 0 Å². The Bertz CT molecular complexity index is 518. The predicted molar refractivity (Wildman–Crippen MR) is 99.5 cm³/mol. The number of carbonyl (C=O) groups excluding carboxylic acids is 3. The maximum absolute atomic E-state index is 12.5. The number of hydrogen-bond donors (Lipinski definition) is 0. The van der Waals surface area contributed by atoms with Crippen molar-refractivity contribution < 1.29 is 23.9 Å². The van der Waals surface area contributed by atoms with Gasteiger partial charge in [0.2, 0.25) is 0 Å². The summed E-state index contributed by atoms with van der Waals surface area (Å²) in [5, 5.41) is 0. The number of ether oxygens (including phenoxy) is 2. The van der Waals surface area contributed by atoms with Crippen LogP contribution in [0.1, 0.15) is 48.0 Å². The highest BCUT2D eigenvalue weighted by molar-refractivity contribution is 6.19. The second-order valence-electron chi connectivity index (χ2n) is 7.49. The molecule has 0 saturated carbocycles. The van der Waals surface area contributed by atoms with Crippen LogP contribution >= 0.6 is 0 Å². The maximum Gasteiger partial charge on any atom is 0.257 e. The summed E-state index contributed by atoms with van der Waals surface area (Å²) in [5.74, 6) is -0.119. The van der Waals surface area contributed by atoms with Crippen LogP contribution in [0.15, 0.2) is 11.1 Å². The van der Waals surface area contributed by atoms with Crippen LogP contribution in [-0.4, -0.2) is 55.5 Å². The van der Waals surface area contributed by atoms with Crippen molar-refractivity contribution in [1.82, 2.24) is 4.90 Å². The molecule has 0 radical (unpaired) electrons. The number of rotatable bonds is 12. The molecular formula is C20H33NO5. The summed E-state index contributed by atoms with van der Waals surface area (Å²) in [6.45, 7) is 13.2. The average molecular weight is 367 g/mol. The van der Waals surface area contributed by atoms with Gasteiger partial charge in [-0.05, 0) is 11.8 Å². The van der Waals surface area contributed by atoms with Crippen molar-refractivity contribution in [2.45, 2.75) is 48.0 Å². The van der Waals surface area contributed by atoms with E-state index in [9.17, 15) is 14.4 Å². The van der Waals surface area contributed by atoms with Gasteiger partial charge >= 0.3 is 0 Å². The summed E-state index contributed by atoms with van der Waals surface area (Å²) >= 11 is 0. The fourth-order valence-corrected chi connectivity index (χ4v) is 2.87. The Hall–Kier alpha value is -1.53. The lowest BCUT2D eigenvalue weighted by atomic mass is 9.92. The van der Waals surface area contributed by atoms with Gasteiger partial charge in [-0.25, -0.2) is 0 Å². The van der Waals surface area contributed by atoms with Gasteiger partial charge in [0.05, 0.1) is 33.0 Å². The van der Waals surface area contributed by atoms with Crippen LogP contribution in [0.5, 0.6) is 0 Å². The van der Waals surface area contributed by atoms with Crippen molar-refractivity contribution in [3.8, 4) is 0 Å². The van der Waals surface area contributed by atoms with E-state index in [1.54, 1.807) is 0 Å². The molecule has 1 heterocycles. The number of imide groups is 1. The van der Waals surface area contributed by atoms with Gasteiger partial charge in [-0.1, -0.05) is 41.5 Å². The molecule has 1 aliphatic rings. The number of ketones is 1. The van der Waals surface area contributed by atoms with Crippen molar-refractivity contribution in [3.63, 3.8) is 0 Å². The van der Waals surface area contributed by atoms with Gasteiger partial charge in [0.1, 0.15) is 5.78 Å². The average Bonchev–Trinajstić information content (AvgIpc) is 2.81. The van der Waals surface area contributed by atoms with Crippen LogP contribution in [0.4, 0.5) is 0 Å². The van der Waals surface area contributed by atoms with Gasteiger partial charge < -0.3 is 9.47 Å². The summed E-state index contributed by atoms with van der Waals surface area (Å²) in [5.41, 5.74) is 1.26. The topological polar surface area (TPSA) is 72.9 Å². The van der Waals surface area contributed by atoms with E-state index in [2.05, 4.69) is 0 Å². The number of nitrogens with zero attached hydrogens (tertiary/aromatic N) is 1. The van der Waals surface area contributed by atoms with Crippen molar-refractivity contribution in [1.29, 1.82) is 0 Å². The zero-order valence-electron chi connectivity index (χ0n) is 17.0. The number of carbonyl (C=O) groups is 3. The maximum atomic E-state index is 12.5. The highest BCUT2D eigenvalue weighted by Crippen LogP contribution is 2.31. The van der Waals surface area contributed by atoms with Gasteiger partial charge in [0.15, 0.2) is 0 Å². The normalized spacial score (nSPS) is 15.3. The van der Waals surface area contributed by atoms with E-state index in [4.69, 9.17) is 9.47 Å². The minimum Gasteiger partial charge on any atom is -0.379 e. The Balaban J connectivity index is 2.31. The summed E-state index contributed by atoms with van der Waals surface area (Å²) < 4.78 is 10.8. The third-order valence-corrected chi connectivity index (χ3v) is 4.36. The molecule has 0 aromatic rings. The minimum absolute atomic E-state index is 0.0247. The lowest BCUT2D eigenvalue weighted by molar-refractivity contribution is -0.138. The molecule has 0 unspecified atom stereocenters. The molecule has 0 atom stereocenters. The largest absolute Gasteiger partial charge is 0.379 e. The first-order chi connectivity index (χ1) is 12.2. The predicted octanol–water partition coefficient (Wildman–Crippen LogP) is 2.61. The molecule has 0 aliphatic carbocycles. The lowest BCUT2D eigenvalue weighted by Crippen LogP contribution is -2.35. The zero-order valence-corrected chi connectivity index (χ0v) is 17.0. The molecule has 1 aliphatic heterocycles. The Kier molecular flexibility index (Phi) is 9.16. The fourth-order valence-electron chi connectivity index (χ4n) is 2.87. The van der Waals surface area contributed by atoms with Crippen LogP contribution in [0.3, 0.4) is 0 Å². The van der Waals surface area contributed by atoms with E-state index in [-0.39, 0.29) is 48.5 Å². The van der Waals surface area contributed by atoms with Crippen molar-refractivity contribution >= 4 is 17.6 Å². The van der Waals surface area contributed by atoms with Crippen molar-refractivity contribution in [2.75, 3.05) is 33.0 Å². The fraction of sp³-hybridized carbons (Fsp3) is 0.750. The van der Waals surface area contributed by atoms with Gasteiger partial charge in [0, 0.05) is 23.5 Å². The molecule has 0 bridgehead atoms. The van der Waals surface area contributed by atoms with E-state index in [0.717, 1.165) is 0 Å². The third-order valence-electron chi connectivity index (χ3n) is 4.36. The molecule has 148 valence electrons. The zero-order chi connectivity index (χ0) is 19.9. The number of Topliss-reactive ketones (excluding diaryl/α,β-unsaturated/α-hetero) is 1. The molecule has 1 rings (SSSR count). The van der Waals surface area contributed by atoms with E-state index < -0.39 is 0 Å². The Morgan fingerprint density at radius 3 is 1.69 bits per heavy atom. The summed E-state index contributed by atoms with van der Waals surface area (Å²) in [4.78, 5) is 37.8. The molecule has 26 heavy (non-hydrogen) atoms. The second kappa shape index (κ2) is 10.6. The summed E-state index contributed by atoms with van der Waals surface area (Å²) in [6.07, 6.45) is 0.413. The molecule has 6 heteroatoms. The highest BCUT2D eigenvalue weighted by Gasteiger charge is 2.39. The minimum atomic E-state index is -0.194. The Morgan fingerprint density at radius 2 is 1.27 bits per heavy atom. The quantitative estimate of drug-likeness (QED) is 0.392. The SMILES string of the molecule is CC(C)C(=O)CCOCCOCCN1C(=O)C(C(C)C)=C(C(C)C)C1=O. The first-order valence-corrected chi connectivity index (χ1v) is 9.46. The van der Waals surface area contributed by atoms with Crippen LogP contribution in [-0.2, 0) is 23.9 Å². The van der Waals surface area contributed by atoms with Gasteiger partial charge in [0.25, 0.3) is 11.8 Å². The molecular weight excluding hydrogens is 334 g/mol. The first-order valence-electron chi connectivity index (χ1n) is 9.46. The van der Waals surface area contributed by atoms with Crippen LogP contribution in [0.25, 0.3) is 0 Å². The second-order valence-corrected chi connectivity index (χ2v) is 7.49. The van der Waals surface area contributed by atoms with E-state index in [0.29, 0.717) is 37.4 Å². The van der Waals surface area contributed by atoms with Crippen LogP contribution in [0.2, 0.25) is 0 Å². The van der Waals surface area contributed by atoms with Gasteiger partial charge in [-0.3, -0.25) is 19.3 Å². The monoisotopic (exact) mass is 367 g/mol. The Labute approximate surface area is 156 Å². The van der Waals surface area contributed by atoms with Crippen molar-refractivity contribution in [3.05, 3.63) is 11.1 Å². The van der Waals surface area contributed by atoms with Gasteiger partial charge in [-0.2, -0.15) is 0 Å². The Morgan fingerprint density at radius 1 is 0.808 bits per heavy atom. The molecule has 0 aromatic heterocycles. The van der Waals surface area contributed by atoms with Crippen LogP contribution in [0, 0.1) is 17.8 Å². The smallest absolute Gasteiger partial charge is 0.257 e. The molecule has 0 spiro atoms. The summed E-state index contributed by atoms with van der Waals surface area (Å²) in [6, 6.07) is 0.